The number of nitrogens with one attached hydrogen (secondary N) is 1. The van der Waals surface area contributed by atoms with E-state index in [2.05, 4.69) is 10.2 Å². The van der Waals surface area contributed by atoms with Crippen molar-refractivity contribution in [3.63, 3.8) is 0 Å². The second kappa shape index (κ2) is 10.1. The SMILES string of the molecule is Cl.Cl.Fc1cccc(C(F)(F)F)c1[C@@H](C1CCCCC1)N1CCNCC1. The van der Waals surface area contributed by atoms with Gasteiger partial charge < -0.3 is 5.32 Å². The van der Waals surface area contributed by atoms with Gasteiger partial charge in [0.1, 0.15) is 5.82 Å². The second-order valence-corrected chi connectivity index (χ2v) is 6.83. The topological polar surface area (TPSA) is 15.3 Å². The molecule has 2 aliphatic rings. The molecule has 1 N–H and O–H groups in total. The minimum atomic E-state index is -4.53. The Balaban J connectivity index is 0.00000169. The Morgan fingerprint density at radius 3 is 2.19 bits per heavy atom. The summed E-state index contributed by atoms with van der Waals surface area (Å²) in [6, 6.07) is 2.88. The standard InChI is InChI=1S/C18H24F4N2.2ClH/c19-15-8-4-7-14(18(20,21)22)16(15)17(13-5-2-1-3-6-13)24-11-9-23-10-12-24;;/h4,7-8,13,17,23H,1-3,5-6,9-12H2;2*1H/t17-;;/m1../s1. The van der Waals surface area contributed by atoms with Crippen LogP contribution in [0.4, 0.5) is 17.6 Å². The first kappa shape index (κ1) is 23.5. The van der Waals surface area contributed by atoms with Gasteiger partial charge in [-0.2, -0.15) is 13.2 Å². The van der Waals surface area contributed by atoms with Gasteiger partial charge in [-0.05, 0) is 30.9 Å². The average molecular weight is 417 g/mol. The highest BCUT2D eigenvalue weighted by molar-refractivity contribution is 5.85. The molecule has 1 aliphatic heterocycles. The van der Waals surface area contributed by atoms with Gasteiger partial charge in [0.2, 0.25) is 0 Å². The van der Waals surface area contributed by atoms with Crippen LogP contribution >= 0.6 is 24.8 Å². The van der Waals surface area contributed by atoms with Gasteiger partial charge >= 0.3 is 6.18 Å². The van der Waals surface area contributed by atoms with Crippen molar-refractivity contribution in [2.75, 3.05) is 26.2 Å². The third-order valence-electron chi connectivity index (χ3n) is 5.30. The number of hydrogen-bond donors (Lipinski definition) is 1. The maximum Gasteiger partial charge on any atom is 0.416 e. The van der Waals surface area contributed by atoms with Crippen LogP contribution < -0.4 is 5.32 Å². The monoisotopic (exact) mass is 416 g/mol. The summed E-state index contributed by atoms with van der Waals surface area (Å²) in [6.45, 7) is 2.79. The van der Waals surface area contributed by atoms with E-state index in [0.717, 1.165) is 57.3 Å². The number of rotatable bonds is 3. The van der Waals surface area contributed by atoms with E-state index in [9.17, 15) is 17.6 Å². The van der Waals surface area contributed by atoms with E-state index in [0.29, 0.717) is 13.1 Å². The molecule has 0 bridgehead atoms. The van der Waals surface area contributed by atoms with Crippen LogP contribution in [0, 0.1) is 11.7 Å². The van der Waals surface area contributed by atoms with Crippen molar-refractivity contribution < 1.29 is 17.6 Å². The predicted molar refractivity (Wildman–Crippen MR) is 99.7 cm³/mol. The van der Waals surface area contributed by atoms with Crippen molar-refractivity contribution in [3.05, 3.63) is 35.1 Å². The van der Waals surface area contributed by atoms with Gasteiger partial charge in [-0.15, -0.1) is 24.8 Å². The molecule has 1 atom stereocenters. The van der Waals surface area contributed by atoms with Crippen LogP contribution in [0.2, 0.25) is 0 Å². The van der Waals surface area contributed by atoms with E-state index in [4.69, 9.17) is 0 Å². The van der Waals surface area contributed by atoms with Crippen LogP contribution in [0.25, 0.3) is 0 Å². The Morgan fingerprint density at radius 2 is 1.62 bits per heavy atom. The molecule has 0 amide bonds. The Kier molecular flexibility index (Phi) is 9.13. The molecule has 0 radical (unpaired) electrons. The lowest BCUT2D eigenvalue weighted by Crippen LogP contribution is -2.47. The first-order valence-electron chi connectivity index (χ1n) is 8.79. The van der Waals surface area contributed by atoms with Crippen molar-refractivity contribution in [3.8, 4) is 0 Å². The predicted octanol–water partition coefficient (Wildman–Crippen LogP) is 5.21. The van der Waals surface area contributed by atoms with Gasteiger partial charge in [0.25, 0.3) is 0 Å². The largest absolute Gasteiger partial charge is 0.416 e. The highest BCUT2D eigenvalue weighted by Gasteiger charge is 2.41. The Bertz CT molecular complexity index is 539. The number of hydrogen-bond acceptors (Lipinski definition) is 2. The van der Waals surface area contributed by atoms with Crippen LogP contribution in [-0.2, 0) is 6.18 Å². The lowest BCUT2D eigenvalue weighted by Gasteiger charge is -2.42. The number of benzene rings is 1. The maximum atomic E-state index is 14.6. The molecule has 3 rings (SSSR count). The fourth-order valence-corrected chi connectivity index (χ4v) is 4.21. The van der Waals surface area contributed by atoms with Crippen LogP contribution in [0.5, 0.6) is 0 Å². The summed E-state index contributed by atoms with van der Waals surface area (Å²) in [5.74, 6) is -0.631. The van der Waals surface area contributed by atoms with E-state index >= 15 is 0 Å². The van der Waals surface area contributed by atoms with E-state index in [-0.39, 0.29) is 36.3 Å². The van der Waals surface area contributed by atoms with Crippen LogP contribution in [0.15, 0.2) is 18.2 Å². The summed E-state index contributed by atoms with van der Waals surface area (Å²) in [5.41, 5.74) is -0.949. The van der Waals surface area contributed by atoms with Gasteiger partial charge in [0, 0.05) is 37.8 Å². The first-order chi connectivity index (χ1) is 11.5. The maximum absolute atomic E-state index is 14.6. The summed E-state index contributed by atoms with van der Waals surface area (Å²) >= 11 is 0. The molecular formula is C18H26Cl2F4N2. The summed E-state index contributed by atoms with van der Waals surface area (Å²) in [7, 11) is 0. The van der Waals surface area contributed by atoms with E-state index in [1.807, 2.05) is 0 Å². The normalized spacial score (nSPS) is 20.8. The Labute approximate surface area is 164 Å². The summed E-state index contributed by atoms with van der Waals surface area (Å²) < 4.78 is 55.2. The Hall–Kier alpha value is -0.560. The third-order valence-corrected chi connectivity index (χ3v) is 5.30. The zero-order chi connectivity index (χ0) is 17.2. The van der Waals surface area contributed by atoms with Gasteiger partial charge in [-0.3, -0.25) is 4.90 Å². The molecule has 26 heavy (non-hydrogen) atoms. The van der Waals surface area contributed by atoms with Crippen molar-refractivity contribution in [1.82, 2.24) is 10.2 Å². The number of halogens is 6. The molecular weight excluding hydrogens is 391 g/mol. The molecule has 1 saturated carbocycles. The van der Waals surface area contributed by atoms with Crippen molar-refractivity contribution in [2.24, 2.45) is 5.92 Å². The molecule has 0 spiro atoms. The van der Waals surface area contributed by atoms with Crippen LogP contribution in [0.1, 0.15) is 49.3 Å². The molecule has 0 unspecified atom stereocenters. The Morgan fingerprint density at radius 1 is 1.00 bits per heavy atom. The van der Waals surface area contributed by atoms with Crippen LogP contribution in [-0.4, -0.2) is 31.1 Å². The van der Waals surface area contributed by atoms with Gasteiger partial charge in [-0.1, -0.05) is 25.3 Å². The minimum absolute atomic E-state index is 0. The highest BCUT2D eigenvalue weighted by atomic mass is 35.5. The molecule has 150 valence electrons. The summed E-state index contributed by atoms with van der Waals surface area (Å²) in [4.78, 5) is 2.06. The molecule has 8 heteroatoms. The van der Waals surface area contributed by atoms with Gasteiger partial charge in [0.05, 0.1) is 5.56 Å². The average Bonchev–Trinajstić information content (AvgIpc) is 2.57. The third kappa shape index (κ3) is 5.24. The smallest absolute Gasteiger partial charge is 0.314 e. The van der Waals surface area contributed by atoms with Crippen molar-refractivity contribution in [2.45, 2.75) is 44.3 Å². The molecule has 1 saturated heterocycles. The molecule has 1 aliphatic carbocycles. The highest BCUT2D eigenvalue weighted by Crippen LogP contribution is 2.44. The van der Waals surface area contributed by atoms with Crippen LogP contribution in [0.3, 0.4) is 0 Å². The second-order valence-electron chi connectivity index (χ2n) is 6.83. The molecule has 1 aromatic rings. The number of alkyl halides is 3. The summed E-state index contributed by atoms with van der Waals surface area (Å²) in [5, 5.41) is 3.23. The molecule has 1 aromatic carbocycles. The van der Waals surface area contributed by atoms with Crippen molar-refractivity contribution in [1.29, 1.82) is 0 Å². The van der Waals surface area contributed by atoms with Gasteiger partial charge in [0.15, 0.2) is 0 Å². The quantitative estimate of drug-likeness (QED) is 0.679. The van der Waals surface area contributed by atoms with E-state index in [1.165, 1.54) is 6.07 Å². The molecule has 2 nitrogen and oxygen atoms in total. The molecule has 0 aromatic heterocycles. The molecule has 2 fully saturated rings. The first-order valence-corrected chi connectivity index (χ1v) is 8.79. The lowest BCUT2D eigenvalue weighted by atomic mass is 9.78. The minimum Gasteiger partial charge on any atom is -0.314 e. The molecule has 1 heterocycles. The van der Waals surface area contributed by atoms with Gasteiger partial charge in [-0.25, -0.2) is 4.39 Å². The van der Waals surface area contributed by atoms with E-state index < -0.39 is 23.6 Å². The number of piperazine rings is 1. The fraction of sp³-hybridized carbons (Fsp3) is 0.667. The number of nitrogens with zero attached hydrogens (tertiary/aromatic N) is 1. The van der Waals surface area contributed by atoms with E-state index in [1.54, 1.807) is 0 Å². The zero-order valence-electron chi connectivity index (χ0n) is 14.5. The fourth-order valence-electron chi connectivity index (χ4n) is 4.21. The van der Waals surface area contributed by atoms with Crippen molar-refractivity contribution >= 4 is 24.8 Å². The summed E-state index contributed by atoms with van der Waals surface area (Å²) in [6.07, 6.45) is 0.374. The lowest BCUT2D eigenvalue weighted by molar-refractivity contribution is -0.139. The zero-order valence-corrected chi connectivity index (χ0v) is 16.2.